The van der Waals surface area contributed by atoms with E-state index in [-0.39, 0.29) is 5.91 Å². The number of aryl methyl sites for hydroxylation is 2. The molecule has 29 heavy (non-hydrogen) atoms. The number of amides is 1. The lowest BCUT2D eigenvalue weighted by molar-refractivity contribution is -0.117. The van der Waals surface area contributed by atoms with Gasteiger partial charge in [-0.25, -0.2) is 4.68 Å². The van der Waals surface area contributed by atoms with Crippen molar-refractivity contribution in [3.8, 4) is 5.69 Å². The number of hydrogen-bond donors (Lipinski definition) is 1. The van der Waals surface area contributed by atoms with E-state index in [2.05, 4.69) is 44.7 Å². The van der Waals surface area contributed by atoms with Crippen LogP contribution in [0.15, 0.2) is 47.8 Å². The SMILES string of the molecule is Cc1ccc(-n2nc(C)cc2NC(=O)CN2CCN(Cc3cccs3)CC2)cc1. The van der Waals surface area contributed by atoms with Crippen molar-refractivity contribution < 1.29 is 4.79 Å². The average Bonchev–Trinajstić information content (AvgIpc) is 3.33. The van der Waals surface area contributed by atoms with Gasteiger partial charge in [-0.15, -0.1) is 11.3 Å². The van der Waals surface area contributed by atoms with Crippen molar-refractivity contribution in [2.75, 3.05) is 38.0 Å². The summed E-state index contributed by atoms with van der Waals surface area (Å²) >= 11 is 1.80. The highest BCUT2D eigenvalue weighted by molar-refractivity contribution is 7.09. The van der Waals surface area contributed by atoms with Crippen molar-refractivity contribution >= 4 is 23.1 Å². The number of rotatable bonds is 6. The van der Waals surface area contributed by atoms with Gasteiger partial charge in [-0.2, -0.15) is 5.10 Å². The first-order chi connectivity index (χ1) is 14.1. The van der Waals surface area contributed by atoms with Crippen LogP contribution in [0.25, 0.3) is 5.69 Å². The van der Waals surface area contributed by atoms with Gasteiger partial charge in [0.15, 0.2) is 0 Å². The second kappa shape index (κ2) is 8.90. The molecule has 7 heteroatoms. The van der Waals surface area contributed by atoms with Crippen molar-refractivity contribution in [2.24, 2.45) is 0 Å². The van der Waals surface area contributed by atoms with Crippen LogP contribution >= 0.6 is 11.3 Å². The van der Waals surface area contributed by atoms with E-state index < -0.39 is 0 Å². The Morgan fingerprint density at radius 3 is 2.48 bits per heavy atom. The highest BCUT2D eigenvalue weighted by Crippen LogP contribution is 2.18. The van der Waals surface area contributed by atoms with Gasteiger partial charge in [0.2, 0.25) is 5.91 Å². The van der Waals surface area contributed by atoms with E-state index >= 15 is 0 Å². The second-order valence-electron chi connectivity index (χ2n) is 7.60. The van der Waals surface area contributed by atoms with Crippen LogP contribution in [0.3, 0.4) is 0 Å². The van der Waals surface area contributed by atoms with E-state index in [4.69, 9.17) is 0 Å². The molecule has 2 aromatic heterocycles. The molecule has 0 atom stereocenters. The molecule has 0 bridgehead atoms. The van der Waals surface area contributed by atoms with Crippen molar-refractivity contribution in [1.82, 2.24) is 19.6 Å². The summed E-state index contributed by atoms with van der Waals surface area (Å²) in [7, 11) is 0. The number of nitrogens with one attached hydrogen (secondary N) is 1. The fraction of sp³-hybridized carbons (Fsp3) is 0.364. The Morgan fingerprint density at radius 2 is 1.79 bits per heavy atom. The molecule has 3 heterocycles. The quantitative estimate of drug-likeness (QED) is 0.679. The molecule has 3 aromatic rings. The summed E-state index contributed by atoms with van der Waals surface area (Å²) in [5.74, 6) is 0.720. The molecule has 152 valence electrons. The summed E-state index contributed by atoms with van der Waals surface area (Å²) in [6, 6.07) is 14.3. The van der Waals surface area contributed by atoms with Gasteiger partial charge in [0.25, 0.3) is 0 Å². The zero-order valence-electron chi connectivity index (χ0n) is 17.0. The Hall–Kier alpha value is -2.48. The van der Waals surface area contributed by atoms with Crippen LogP contribution < -0.4 is 5.32 Å². The van der Waals surface area contributed by atoms with Crippen molar-refractivity contribution in [1.29, 1.82) is 0 Å². The summed E-state index contributed by atoms with van der Waals surface area (Å²) in [5.41, 5.74) is 3.02. The molecule has 0 radical (unpaired) electrons. The van der Waals surface area contributed by atoms with E-state index in [0.29, 0.717) is 12.4 Å². The molecule has 1 saturated heterocycles. The van der Waals surface area contributed by atoms with E-state index in [0.717, 1.165) is 44.1 Å². The molecule has 1 amide bonds. The highest BCUT2D eigenvalue weighted by atomic mass is 32.1. The van der Waals surface area contributed by atoms with Crippen molar-refractivity contribution in [2.45, 2.75) is 20.4 Å². The molecule has 6 nitrogen and oxygen atoms in total. The smallest absolute Gasteiger partial charge is 0.239 e. The van der Waals surface area contributed by atoms with E-state index in [1.165, 1.54) is 10.4 Å². The maximum Gasteiger partial charge on any atom is 0.239 e. The first-order valence-corrected chi connectivity index (χ1v) is 10.9. The number of benzene rings is 1. The van der Waals surface area contributed by atoms with E-state index in [9.17, 15) is 4.79 Å². The van der Waals surface area contributed by atoms with Gasteiger partial charge >= 0.3 is 0 Å². The third-order valence-corrected chi connectivity index (χ3v) is 6.03. The predicted octanol–water partition coefficient (Wildman–Crippen LogP) is 3.31. The van der Waals surface area contributed by atoms with Crippen LogP contribution in [0.5, 0.6) is 0 Å². The minimum absolute atomic E-state index is 0.00460. The Bertz CT molecular complexity index is 940. The Labute approximate surface area is 175 Å². The number of piperazine rings is 1. The van der Waals surface area contributed by atoms with Gasteiger partial charge in [-0.1, -0.05) is 23.8 Å². The van der Waals surface area contributed by atoms with Crippen molar-refractivity contribution in [3.05, 3.63) is 64.0 Å². The van der Waals surface area contributed by atoms with Gasteiger partial charge in [-0.05, 0) is 37.4 Å². The molecular weight excluding hydrogens is 382 g/mol. The summed E-state index contributed by atoms with van der Waals surface area (Å²) in [5, 5.41) is 9.71. The summed E-state index contributed by atoms with van der Waals surface area (Å²) in [6.07, 6.45) is 0. The monoisotopic (exact) mass is 409 g/mol. The molecule has 1 aromatic carbocycles. The third-order valence-electron chi connectivity index (χ3n) is 5.17. The van der Waals surface area contributed by atoms with Gasteiger partial charge in [0, 0.05) is 43.7 Å². The number of carbonyl (C=O) groups is 1. The molecule has 0 unspecified atom stereocenters. The Balaban J connectivity index is 1.32. The van der Waals surface area contributed by atoms with Gasteiger partial charge in [-0.3, -0.25) is 14.6 Å². The summed E-state index contributed by atoms with van der Waals surface area (Å²) in [4.78, 5) is 18.7. The Kier molecular flexibility index (Phi) is 6.08. The zero-order chi connectivity index (χ0) is 20.2. The molecule has 1 N–H and O–H groups in total. The number of hydrogen-bond acceptors (Lipinski definition) is 5. The molecule has 1 aliphatic rings. The van der Waals surface area contributed by atoms with Gasteiger partial charge < -0.3 is 5.32 Å². The third kappa shape index (κ3) is 5.12. The van der Waals surface area contributed by atoms with E-state index in [1.807, 2.05) is 37.3 Å². The topological polar surface area (TPSA) is 53.4 Å². The second-order valence-corrected chi connectivity index (χ2v) is 8.63. The van der Waals surface area contributed by atoms with Crippen LogP contribution in [0.2, 0.25) is 0 Å². The standard InChI is InChI=1S/C22H27N5OS/c1-17-5-7-19(8-6-17)27-21(14-18(2)24-27)23-22(28)16-26-11-9-25(10-12-26)15-20-4-3-13-29-20/h3-8,13-14H,9-12,15-16H2,1-2H3,(H,23,28). The van der Waals surface area contributed by atoms with Crippen LogP contribution in [0, 0.1) is 13.8 Å². The minimum atomic E-state index is 0.00460. The molecule has 1 aliphatic heterocycles. The highest BCUT2D eigenvalue weighted by Gasteiger charge is 2.20. The summed E-state index contributed by atoms with van der Waals surface area (Å²) < 4.78 is 1.80. The number of carbonyl (C=O) groups excluding carboxylic acids is 1. The Morgan fingerprint density at radius 1 is 1.07 bits per heavy atom. The predicted molar refractivity (Wildman–Crippen MR) is 118 cm³/mol. The minimum Gasteiger partial charge on any atom is -0.309 e. The summed E-state index contributed by atoms with van der Waals surface area (Å²) in [6.45, 7) is 9.22. The number of nitrogens with zero attached hydrogens (tertiary/aromatic N) is 4. The van der Waals surface area contributed by atoms with E-state index in [1.54, 1.807) is 16.0 Å². The molecule has 0 saturated carbocycles. The normalized spacial score (nSPS) is 15.5. The first kappa shape index (κ1) is 19.8. The maximum absolute atomic E-state index is 12.7. The molecule has 0 aliphatic carbocycles. The number of thiophene rings is 1. The van der Waals surface area contributed by atoms with Crippen LogP contribution in [-0.4, -0.2) is 58.2 Å². The molecule has 1 fully saturated rings. The first-order valence-electron chi connectivity index (χ1n) is 9.97. The lowest BCUT2D eigenvalue weighted by Crippen LogP contribution is -2.48. The molecular formula is C22H27N5OS. The lowest BCUT2D eigenvalue weighted by Gasteiger charge is -2.34. The largest absolute Gasteiger partial charge is 0.309 e. The number of aromatic nitrogens is 2. The van der Waals surface area contributed by atoms with Crippen LogP contribution in [-0.2, 0) is 11.3 Å². The zero-order valence-corrected chi connectivity index (χ0v) is 17.8. The molecule has 0 spiro atoms. The van der Waals surface area contributed by atoms with Crippen LogP contribution in [0.1, 0.15) is 16.1 Å². The average molecular weight is 410 g/mol. The molecule has 4 rings (SSSR count). The lowest BCUT2D eigenvalue weighted by atomic mass is 10.2. The van der Waals surface area contributed by atoms with Crippen molar-refractivity contribution in [3.63, 3.8) is 0 Å². The van der Waals surface area contributed by atoms with Crippen LogP contribution in [0.4, 0.5) is 5.82 Å². The maximum atomic E-state index is 12.7. The fourth-order valence-corrected chi connectivity index (χ4v) is 4.33. The fourth-order valence-electron chi connectivity index (χ4n) is 3.59. The van der Waals surface area contributed by atoms with Gasteiger partial charge in [0.05, 0.1) is 17.9 Å². The number of anilines is 1. The van der Waals surface area contributed by atoms with Gasteiger partial charge in [0.1, 0.15) is 5.82 Å².